The number of furan rings is 1. The molecule has 0 fully saturated rings. The van der Waals surface area contributed by atoms with Gasteiger partial charge in [-0.15, -0.1) is 0 Å². The smallest absolute Gasteiger partial charge is 0.165 e. The molecule has 204 valence electrons. The normalized spacial score (nSPS) is 12.1. The van der Waals surface area contributed by atoms with Gasteiger partial charge < -0.3 is 4.42 Å². The van der Waals surface area contributed by atoms with Crippen LogP contribution in [-0.2, 0) is 0 Å². The fourth-order valence-electron chi connectivity index (χ4n) is 6.91. The molecule has 0 amide bonds. The summed E-state index contributed by atoms with van der Waals surface area (Å²) in [5, 5.41) is 9.37. The van der Waals surface area contributed by atoms with Gasteiger partial charge in [0.1, 0.15) is 16.9 Å². The minimum Gasteiger partial charge on any atom is -0.456 e. The molecule has 0 saturated carbocycles. The van der Waals surface area contributed by atoms with Gasteiger partial charge >= 0.3 is 0 Å². The van der Waals surface area contributed by atoms with Crippen LogP contribution in [-0.4, -0.2) is 14.5 Å². The van der Waals surface area contributed by atoms with E-state index < -0.39 is 0 Å². The molecular formula is C40H23N3O. The molecule has 0 aliphatic carbocycles. The Morgan fingerprint density at radius 1 is 0.455 bits per heavy atom. The number of hydrogen-bond donors (Lipinski definition) is 0. The molecule has 0 unspecified atom stereocenters. The Hall–Kier alpha value is -6.00. The Kier molecular flexibility index (Phi) is 4.69. The van der Waals surface area contributed by atoms with Crippen molar-refractivity contribution in [3.05, 3.63) is 140 Å². The summed E-state index contributed by atoms with van der Waals surface area (Å²) < 4.78 is 8.70. The summed E-state index contributed by atoms with van der Waals surface area (Å²) in [6.45, 7) is 0. The van der Waals surface area contributed by atoms with Crippen LogP contribution < -0.4 is 0 Å². The molecule has 44 heavy (non-hydrogen) atoms. The van der Waals surface area contributed by atoms with E-state index >= 15 is 0 Å². The molecule has 0 bridgehead atoms. The molecule has 0 saturated heterocycles. The largest absolute Gasteiger partial charge is 0.456 e. The average molecular weight is 562 g/mol. The lowest BCUT2D eigenvalue weighted by atomic mass is 10.0. The molecule has 0 atom stereocenters. The third-order valence-electron chi connectivity index (χ3n) is 8.94. The average Bonchev–Trinajstić information content (AvgIpc) is 3.61. The van der Waals surface area contributed by atoms with Gasteiger partial charge in [-0.2, -0.15) is 0 Å². The number of nitrogens with zero attached hydrogens (tertiary/aromatic N) is 3. The third-order valence-corrected chi connectivity index (χ3v) is 8.94. The molecular weight excluding hydrogens is 538 g/mol. The van der Waals surface area contributed by atoms with Crippen LogP contribution in [0.4, 0.5) is 0 Å². The first-order valence-electron chi connectivity index (χ1n) is 14.8. The van der Waals surface area contributed by atoms with E-state index in [9.17, 15) is 0 Å². The molecule has 3 heterocycles. The zero-order valence-corrected chi connectivity index (χ0v) is 23.5. The summed E-state index contributed by atoms with van der Waals surface area (Å²) in [5.74, 6) is 0.796. The van der Waals surface area contributed by atoms with Gasteiger partial charge in [0.05, 0.1) is 22.1 Å². The lowest BCUT2D eigenvalue weighted by Gasteiger charge is -2.14. The van der Waals surface area contributed by atoms with E-state index in [2.05, 4.69) is 108 Å². The topological polar surface area (TPSA) is 43.9 Å². The number of para-hydroxylation sites is 3. The second-order valence-electron chi connectivity index (χ2n) is 11.4. The molecule has 0 N–H and O–H groups in total. The minimum atomic E-state index is 0.796. The molecule has 10 aromatic rings. The summed E-state index contributed by atoms with van der Waals surface area (Å²) >= 11 is 0. The molecule has 0 radical (unpaired) electrons. The highest BCUT2D eigenvalue weighted by Gasteiger charge is 2.22. The second-order valence-corrected chi connectivity index (χ2v) is 11.4. The zero-order valence-electron chi connectivity index (χ0n) is 23.5. The van der Waals surface area contributed by atoms with Crippen molar-refractivity contribution in [2.24, 2.45) is 0 Å². The van der Waals surface area contributed by atoms with Crippen molar-refractivity contribution in [1.29, 1.82) is 0 Å². The molecule has 3 aromatic heterocycles. The van der Waals surface area contributed by atoms with Gasteiger partial charge in [0.25, 0.3) is 0 Å². The summed E-state index contributed by atoms with van der Waals surface area (Å²) in [6, 6.07) is 48.9. The van der Waals surface area contributed by atoms with Crippen molar-refractivity contribution >= 4 is 76.3 Å². The molecule has 4 nitrogen and oxygen atoms in total. The second kappa shape index (κ2) is 8.76. The predicted octanol–water partition coefficient (Wildman–Crippen LogP) is 10.6. The third kappa shape index (κ3) is 3.28. The van der Waals surface area contributed by atoms with Crippen LogP contribution in [0.1, 0.15) is 0 Å². The van der Waals surface area contributed by atoms with Gasteiger partial charge in [-0.25, -0.2) is 9.97 Å². The Morgan fingerprint density at radius 2 is 1.16 bits per heavy atom. The maximum Gasteiger partial charge on any atom is 0.165 e. The van der Waals surface area contributed by atoms with E-state index in [0.29, 0.717) is 0 Å². The van der Waals surface area contributed by atoms with Crippen molar-refractivity contribution in [2.75, 3.05) is 0 Å². The van der Waals surface area contributed by atoms with Gasteiger partial charge in [0.15, 0.2) is 5.82 Å². The lowest BCUT2D eigenvalue weighted by molar-refractivity contribution is 0.669. The van der Waals surface area contributed by atoms with E-state index in [0.717, 1.165) is 66.5 Å². The quantitative estimate of drug-likeness (QED) is 0.211. The first-order chi connectivity index (χ1) is 21.8. The van der Waals surface area contributed by atoms with Crippen LogP contribution in [0.5, 0.6) is 0 Å². The van der Waals surface area contributed by atoms with Crippen molar-refractivity contribution in [3.8, 4) is 17.1 Å². The number of aromatic nitrogens is 3. The van der Waals surface area contributed by atoms with Crippen LogP contribution in [0.2, 0.25) is 0 Å². The van der Waals surface area contributed by atoms with Crippen molar-refractivity contribution < 1.29 is 4.42 Å². The van der Waals surface area contributed by atoms with Crippen LogP contribution in [0.25, 0.3) is 93.4 Å². The van der Waals surface area contributed by atoms with Gasteiger partial charge in [0.2, 0.25) is 0 Å². The summed E-state index contributed by atoms with van der Waals surface area (Å²) in [6.07, 6.45) is 0. The number of benzene rings is 7. The molecule has 0 spiro atoms. The van der Waals surface area contributed by atoms with Gasteiger partial charge in [-0.1, -0.05) is 97.1 Å². The Morgan fingerprint density at radius 3 is 2.05 bits per heavy atom. The van der Waals surface area contributed by atoms with Crippen molar-refractivity contribution in [1.82, 2.24) is 14.5 Å². The SMILES string of the molecule is c1ccc2cc(-c3nc4ccccc4nc3-n3c4cc5oc6ccccc6c5cc4c4c5ccccc5ccc43)ccc2c1. The van der Waals surface area contributed by atoms with E-state index in [1.165, 1.54) is 26.9 Å². The monoisotopic (exact) mass is 561 g/mol. The maximum absolute atomic E-state index is 6.42. The van der Waals surface area contributed by atoms with Crippen LogP contribution in [0.3, 0.4) is 0 Å². The van der Waals surface area contributed by atoms with E-state index in [1.807, 2.05) is 36.4 Å². The molecule has 4 heteroatoms. The highest BCUT2D eigenvalue weighted by molar-refractivity contribution is 6.24. The Balaban J connectivity index is 1.40. The van der Waals surface area contributed by atoms with Crippen molar-refractivity contribution in [2.45, 2.75) is 0 Å². The first-order valence-corrected chi connectivity index (χ1v) is 14.8. The summed E-state index contributed by atoms with van der Waals surface area (Å²) in [5.41, 5.74) is 7.45. The Labute approximate surface area is 251 Å². The summed E-state index contributed by atoms with van der Waals surface area (Å²) in [4.78, 5) is 10.6. The van der Waals surface area contributed by atoms with Crippen LogP contribution in [0, 0.1) is 0 Å². The number of fused-ring (bicyclic) bond motifs is 10. The fourth-order valence-corrected chi connectivity index (χ4v) is 6.91. The van der Waals surface area contributed by atoms with Crippen LogP contribution >= 0.6 is 0 Å². The highest BCUT2D eigenvalue weighted by atomic mass is 16.3. The Bertz CT molecular complexity index is 2790. The predicted molar refractivity (Wildman–Crippen MR) is 182 cm³/mol. The van der Waals surface area contributed by atoms with E-state index in [4.69, 9.17) is 14.4 Å². The molecule has 0 aliphatic rings. The first kappa shape index (κ1) is 23.6. The maximum atomic E-state index is 6.42. The number of hydrogen-bond acceptors (Lipinski definition) is 3. The molecule has 0 aliphatic heterocycles. The fraction of sp³-hybridized carbons (Fsp3) is 0. The van der Waals surface area contributed by atoms with Crippen LogP contribution in [0.15, 0.2) is 144 Å². The highest BCUT2D eigenvalue weighted by Crippen LogP contribution is 2.42. The summed E-state index contributed by atoms with van der Waals surface area (Å²) in [7, 11) is 0. The molecule has 10 rings (SSSR count). The van der Waals surface area contributed by atoms with Gasteiger partial charge in [0, 0.05) is 33.2 Å². The van der Waals surface area contributed by atoms with E-state index in [1.54, 1.807) is 0 Å². The van der Waals surface area contributed by atoms with E-state index in [-0.39, 0.29) is 0 Å². The minimum absolute atomic E-state index is 0.796. The van der Waals surface area contributed by atoms with Crippen molar-refractivity contribution in [3.63, 3.8) is 0 Å². The zero-order chi connectivity index (χ0) is 28.8. The number of rotatable bonds is 2. The van der Waals surface area contributed by atoms with Gasteiger partial charge in [-0.05, 0) is 57.9 Å². The lowest BCUT2D eigenvalue weighted by Crippen LogP contribution is -2.03. The standard InChI is InChI=1S/C40H23N3O/c1-2-11-26-21-27(18-17-24(26)9-1)39-40(42-33-15-7-6-14-32(33)41-39)43-34-20-19-25-10-3-4-12-28(25)38(34)31-22-30-29-13-5-8-16-36(29)44-37(30)23-35(31)43/h1-23H. The van der Waals surface area contributed by atoms with Gasteiger partial charge in [-0.3, -0.25) is 4.57 Å². The molecule has 7 aromatic carbocycles.